The summed E-state index contributed by atoms with van der Waals surface area (Å²) in [5.41, 5.74) is 0.771. The minimum Gasteiger partial charge on any atom is -0.462 e. The predicted octanol–water partition coefficient (Wildman–Crippen LogP) is 4.61. The minimum atomic E-state index is -0.437. The van der Waals surface area contributed by atoms with Gasteiger partial charge in [0.25, 0.3) is 5.91 Å². The van der Waals surface area contributed by atoms with E-state index in [4.69, 9.17) is 16.3 Å². The molecule has 0 fully saturated rings. The number of rotatable bonds is 6. The summed E-state index contributed by atoms with van der Waals surface area (Å²) in [4.78, 5) is 24.7. The Bertz CT molecular complexity index is 669. The van der Waals surface area contributed by atoms with Crippen LogP contribution in [0, 0.1) is 0 Å². The van der Waals surface area contributed by atoms with Crippen molar-refractivity contribution in [2.75, 3.05) is 11.9 Å². The second kappa shape index (κ2) is 7.96. The van der Waals surface area contributed by atoms with Gasteiger partial charge in [-0.15, -0.1) is 11.3 Å². The summed E-state index contributed by atoms with van der Waals surface area (Å²) >= 11 is 7.01. The van der Waals surface area contributed by atoms with Crippen LogP contribution in [-0.2, 0) is 4.74 Å². The van der Waals surface area contributed by atoms with Crippen LogP contribution in [0.3, 0.4) is 0 Å². The number of ether oxygens (including phenoxy) is 1. The highest BCUT2D eigenvalue weighted by Gasteiger charge is 2.16. The lowest BCUT2D eigenvalue weighted by Gasteiger charge is -2.10. The number of carbonyl (C=O) groups excluding carboxylic acids is 2. The van der Waals surface area contributed by atoms with E-state index in [1.54, 1.807) is 36.4 Å². The molecule has 0 saturated heterocycles. The maximum absolute atomic E-state index is 12.2. The normalized spacial score (nSPS) is 10.3. The Labute approximate surface area is 138 Å². The van der Waals surface area contributed by atoms with Gasteiger partial charge in [-0.3, -0.25) is 4.79 Å². The molecule has 0 atom stereocenters. The summed E-state index contributed by atoms with van der Waals surface area (Å²) in [6.45, 7) is 2.40. The first-order valence-corrected chi connectivity index (χ1v) is 8.14. The largest absolute Gasteiger partial charge is 0.462 e. The van der Waals surface area contributed by atoms with Gasteiger partial charge in [0, 0.05) is 0 Å². The lowest BCUT2D eigenvalue weighted by atomic mass is 10.1. The number of hydrogen-bond donors (Lipinski definition) is 1. The monoisotopic (exact) mass is 337 g/mol. The van der Waals surface area contributed by atoms with E-state index in [9.17, 15) is 9.59 Å². The molecule has 1 N–H and O–H groups in total. The summed E-state index contributed by atoms with van der Waals surface area (Å²) in [6.07, 6.45) is 1.76. The molecular formula is C16H16ClNO3S. The molecule has 0 aliphatic heterocycles. The number of thiophene rings is 1. The standard InChI is InChI=1S/C16H16ClNO3S/c1-2-3-10-21-16(20)11-6-4-5-7-12(11)18-15(19)13-8-9-14(17)22-13/h4-9H,2-3,10H2,1H3,(H,18,19). The summed E-state index contributed by atoms with van der Waals surface area (Å²) < 4.78 is 5.73. The van der Waals surface area contributed by atoms with Gasteiger partial charge in [-0.1, -0.05) is 37.1 Å². The minimum absolute atomic E-state index is 0.300. The van der Waals surface area contributed by atoms with Crippen LogP contribution in [0.4, 0.5) is 5.69 Å². The van der Waals surface area contributed by atoms with E-state index < -0.39 is 5.97 Å². The third-order valence-corrected chi connectivity index (χ3v) is 4.15. The number of esters is 1. The lowest BCUT2D eigenvalue weighted by Crippen LogP contribution is -2.15. The zero-order valence-corrected chi connectivity index (χ0v) is 13.7. The fourth-order valence-corrected chi connectivity index (χ4v) is 2.72. The molecule has 6 heteroatoms. The van der Waals surface area contributed by atoms with Crippen molar-refractivity contribution in [3.8, 4) is 0 Å². The first-order valence-electron chi connectivity index (χ1n) is 6.94. The fourth-order valence-electron chi connectivity index (χ4n) is 1.78. The highest BCUT2D eigenvalue weighted by atomic mass is 35.5. The molecule has 0 bridgehead atoms. The molecule has 2 rings (SSSR count). The van der Waals surface area contributed by atoms with Gasteiger partial charge in [-0.05, 0) is 30.7 Å². The van der Waals surface area contributed by atoms with Gasteiger partial charge < -0.3 is 10.1 Å². The number of anilines is 1. The maximum atomic E-state index is 12.2. The SMILES string of the molecule is CCCCOC(=O)c1ccccc1NC(=O)c1ccc(Cl)s1. The first kappa shape index (κ1) is 16.5. The van der Waals surface area contributed by atoms with Crippen LogP contribution in [0.5, 0.6) is 0 Å². The molecule has 1 aromatic carbocycles. The Morgan fingerprint density at radius 3 is 2.68 bits per heavy atom. The molecule has 0 spiro atoms. The molecule has 1 aromatic heterocycles. The van der Waals surface area contributed by atoms with E-state index in [0.717, 1.165) is 12.8 Å². The molecule has 1 heterocycles. The molecule has 0 saturated carbocycles. The number of benzene rings is 1. The van der Waals surface area contributed by atoms with E-state index >= 15 is 0 Å². The van der Waals surface area contributed by atoms with Gasteiger partial charge in [0.15, 0.2) is 0 Å². The van der Waals surface area contributed by atoms with Crippen LogP contribution in [0.1, 0.15) is 39.8 Å². The smallest absolute Gasteiger partial charge is 0.340 e. The number of amides is 1. The fraction of sp³-hybridized carbons (Fsp3) is 0.250. The van der Waals surface area contributed by atoms with Gasteiger partial charge in [0.2, 0.25) is 0 Å². The zero-order valence-electron chi connectivity index (χ0n) is 12.1. The van der Waals surface area contributed by atoms with E-state index in [-0.39, 0.29) is 5.91 Å². The van der Waals surface area contributed by atoms with Gasteiger partial charge in [0.05, 0.1) is 27.1 Å². The molecule has 0 aliphatic rings. The van der Waals surface area contributed by atoms with Crippen LogP contribution in [-0.4, -0.2) is 18.5 Å². The van der Waals surface area contributed by atoms with Crippen LogP contribution < -0.4 is 5.32 Å². The molecule has 116 valence electrons. The number of carbonyl (C=O) groups is 2. The number of unbranched alkanes of at least 4 members (excludes halogenated alkanes) is 1. The quantitative estimate of drug-likeness (QED) is 0.618. The maximum Gasteiger partial charge on any atom is 0.340 e. The molecule has 4 nitrogen and oxygen atoms in total. The zero-order chi connectivity index (χ0) is 15.9. The van der Waals surface area contributed by atoms with E-state index in [2.05, 4.69) is 5.32 Å². The average Bonchev–Trinajstić information content (AvgIpc) is 2.94. The van der Waals surface area contributed by atoms with Crippen molar-refractivity contribution >= 4 is 40.5 Å². The van der Waals surface area contributed by atoms with Crippen molar-refractivity contribution in [3.05, 3.63) is 51.2 Å². The Morgan fingerprint density at radius 1 is 1.23 bits per heavy atom. The number of nitrogens with one attached hydrogen (secondary N) is 1. The topological polar surface area (TPSA) is 55.4 Å². The van der Waals surface area contributed by atoms with Crippen LogP contribution in [0.15, 0.2) is 36.4 Å². The Balaban J connectivity index is 2.11. The Hall–Kier alpha value is -1.85. The second-order valence-corrected chi connectivity index (χ2v) is 6.31. The van der Waals surface area contributed by atoms with Gasteiger partial charge in [-0.25, -0.2) is 4.79 Å². The average molecular weight is 338 g/mol. The molecular weight excluding hydrogens is 322 g/mol. The molecule has 1 amide bonds. The van der Waals surface area contributed by atoms with Gasteiger partial charge in [-0.2, -0.15) is 0 Å². The highest BCUT2D eigenvalue weighted by Crippen LogP contribution is 2.23. The predicted molar refractivity (Wildman–Crippen MR) is 88.9 cm³/mol. The Kier molecular flexibility index (Phi) is 5.98. The number of hydrogen-bond acceptors (Lipinski definition) is 4. The third kappa shape index (κ3) is 4.32. The van der Waals surface area contributed by atoms with E-state index in [1.165, 1.54) is 11.3 Å². The van der Waals surface area contributed by atoms with Crippen molar-refractivity contribution in [3.63, 3.8) is 0 Å². The molecule has 2 aromatic rings. The molecule has 0 unspecified atom stereocenters. The highest BCUT2D eigenvalue weighted by molar-refractivity contribution is 7.18. The number of halogens is 1. The third-order valence-electron chi connectivity index (χ3n) is 2.92. The summed E-state index contributed by atoms with van der Waals surface area (Å²) in [5.74, 6) is -0.737. The van der Waals surface area contributed by atoms with Crippen LogP contribution in [0.2, 0.25) is 4.34 Å². The van der Waals surface area contributed by atoms with Crippen molar-refractivity contribution in [1.82, 2.24) is 0 Å². The van der Waals surface area contributed by atoms with Crippen molar-refractivity contribution in [2.45, 2.75) is 19.8 Å². The van der Waals surface area contributed by atoms with Crippen molar-refractivity contribution in [2.24, 2.45) is 0 Å². The first-order chi connectivity index (χ1) is 10.6. The molecule has 22 heavy (non-hydrogen) atoms. The Morgan fingerprint density at radius 2 is 2.00 bits per heavy atom. The summed E-state index contributed by atoms with van der Waals surface area (Å²) in [5, 5.41) is 2.72. The van der Waals surface area contributed by atoms with E-state index in [0.29, 0.717) is 27.1 Å². The van der Waals surface area contributed by atoms with Crippen molar-refractivity contribution in [1.29, 1.82) is 0 Å². The van der Waals surface area contributed by atoms with Gasteiger partial charge in [0.1, 0.15) is 0 Å². The van der Waals surface area contributed by atoms with Crippen LogP contribution >= 0.6 is 22.9 Å². The van der Waals surface area contributed by atoms with Crippen molar-refractivity contribution < 1.29 is 14.3 Å². The van der Waals surface area contributed by atoms with Crippen LogP contribution in [0.25, 0.3) is 0 Å². The molecule has 0 radical (unpaired) electrons. The van der Waals surface area contributed by atoms with Gasteiger partial charge >= 0.3 is 5.97 Å². The summed E-state index contributed by atoms with van der Waals surface area (Å²) in [6, 6.07) is 10.1. The second-order valence-electron chi connectivity index (χ2n) is 4.59. The number of para-hydroxylation sites is 1. The van der Waals surface area contributed by atoms with E-state index in [1.807, 2.05) is 6.92 Å². The summed E-state index contributed by atoms with van der Waals surface area (Å²) in [7, 11) is 0. The molecule has 0 aliphatic carbocycles. The lowest BCUT2D eigenvalue weighted by molar-refractivity contribution is 0.0501.